The zero-order chi connectivity index (χ0) is 31.8. The molecule has 0 spiro atoms. The largest absolute Gasteiger partial charge is 0.493 e. The highest BCUT2D eigenvalue weighted by atomic mass is 35.5. The van der Waals surface area contributed by atoms with E-state index in [0.717, 1.165) is 11.2 Å². The number of hydrogen-bond donors (Lipinski definition) is 2. The topological polar surface area (TPSA) is 173 Å². The first kappa shape index (κ1) is 30.9. The fourth-order valence-electron chi connectivity index (χ4n) is 5.13. The summed E-state index contributed by atoms with van der Waals surface area (Å²) in [5.41, 5.74) is 5.56. The SMILES string of the molecule is COc1cc2nc(N3CCN(c4nc(N)c(C(=O)O)nc4Cl)CC3)nc(N3CCN(C(=O)OC(C)(C)C)CC3)c2cc1OC. The molecule has 2 fully saturated rings. The Bertz CT molecular complexity index is 1570. The number of hydrogen-bond acceptors (Lipinski definition) is 13. The summed E-state index contributed by atoms with van der Waals surface area (Å²) in [6.07, 6.45) is -0.334. The third kappa shape index (κ3) is 6.37. The highest BCUT2D eigenvalue weighted by Crippen LogP contribution is 2.37. The molecule has 3 N–H and O–H groups in total. The predicted molar refractivity (Wildman–Crippen MR) is 166 cm³/mol. The van der Waals surface area contributed by atoms with Gasteiger partial charge in [-0.3, -0.25) is 0 Å². The van der Waals surface area contributed by atoms with Gasteiger partial charge in [0.1, 0.15) is 11.4 Å². The third-order valence-electron chi connectivity index (χ3n) is 7.33. The molecule has 0 aliphatic carbocycles. The van der Waals surface area contributed by atoms with Crippen molar-refractivity contribution in [3.63, 3.8) is 0 Å². The van der Waals surface area contributed by atoms with Crippen LogP contribution in [0, 0.1) is 0 Å². The van der Waals surface area contributed by atoms with Crippen molar-refractivity contribution in [3.8, 4) is 11.5 Å². The van der Waals surface area contributed by atoms with Crippen LogP contribution in [0.4, 0.5) is 28.2 Å². The monoisotopic (exact) mass is 629 g/mol. The minimum atomic E-state index is -1.29. The Morgan fingerprint density at radius 2 is 1.41 bits per heavy atom. The number of methoxy groups -OCH3 is 2. The van der Waals surface area contributed by atoms with Gasteiger partial charge in [-0.1, -0.05) is 11.6 Å². The lowest BCUT2D eigenvalue weighted by Crippen LogP contribution is -2.50. The van der Waals surface area contributed by atoms with Crippen LogP contribution < -0.4 is 29.9 Å². The fraction of sp³-hybridized carbons (Fsp3) is 0.500. The van der Waals surface area contributed by atoms with Crippen molar-refractivity contribution in [1.29, 1.82) is 0 Å². The van der Waals surface area contributed by atoms with Gasteiger partial charge < -0.3 is 44.7 Å². The van der Waals surface area contributed by atoms with E-state index in [4.69, 9.17) is 41.5 Å². The van der Waals surface area contributed by atoms with Crippen molar-refractivity contribution in [2.45, 2.75) is 26.4 Å². The number of carbonyl (C=O) groups is 2. The van der Waals surface area contributed by atoms with Crippen molar-refractivity contribution < 1.29 is 28.9 Å². The summed E-state index contributed by atoms with van der Waals surface area (Å²) in [6.45, 7) is 9.68. The smallest absolute Gasteiger partial charge is 0.410 e. The summed E-state index contributed by atoms with van der Waals surface area (Å²) in [4.78, 5) is 49.9. The molecule has 0 atom stereocenters. The molecule has 3 aromatic rings. The Morgan fingerprint density at radius 1 is 0.841 bits per heavy atom. The molecular weight excluding hydrogens is 594 g/mol. The number of aromatic nitrogens is 4. The first-order chi connectivity index (χ1) is 20.9. The van der Waals surface area contributed by atoms with Gasteiger partial charge in [-0.15, -0.1) is 0 Å². The maximum Gasteiger partial charge on any atom is 0.410 e. The van der Waals surface area contributed by atoms with Gasteiger partial charge in [-0.25, -0.2) is 24.5 Å². The minimum Gasteiger partial charge on any atom is -0.493 e. The van der Waals surface area contributed by atoms with Crippen molar-refractivity contribution in [1.82, 2.24) is 24.8 Å². The molecule has 0 unspecified atom stereocenters. The number of nitrogens with zero attached hydrogens (tertiary/aromatic N) is 8. The molecule has 236 valence electrons. The van der Waals surface area contributed by atoms with Crippen molar-refractivity contribution in [2.24, 2.45) is 0 Å². The molecule has 0 bridgehead atoms. The molecule has 44 heavy (non-hydrogen) atoms. The second kappa shape index (κ2) is 12.2. The fourth-order valence-corrected chi connectivity index (χ4v) is 5.38. The number of carboxylic acid groups (broad SMARTS) is 1. The van der Waals surface area contributed by atoms with Crippen LogP contribution >= 0.6 is 11.6 Å². The number of carbonyl (C=O) groups excluding carboxylic acids is 1. The van der Waals surface area contributed by atoms with E-state index >= 15 is 0 Å². The van der Waals surface area contributed by atoms with Crippen LogP contribution in [0.5, 0.6) is 11.5 Å². The lowest BCUT2D eigenvalue weighted by Gasteiger charge is -2.38. The zero-order valence-corrected chi connectivity index (χ0v) is 26.1. The number of benzene rings is 1. The molecule has 4 heterocycles. The second-order valence-electron chi connectivity index (χ2n) is 11.4. The van der Waals surface area contributed by atoms with E-state index < -0.39 is 11.6 Å². The van der Waals surface area contributed by atoms with Crippen LogP contribution in [-0.2, 0) is 4.74 Å². The number of ether oxygens (including phenoxy) is 3. The van der Waals surface area contributed by atoms with Gasteiger partial charge in [-0.2, -0.15) is 4.98 Å². The van der Waals surface area contributed by atoms with Gasteiger partial charge >= 0.3 is 12.1 Å². The molecule has 0 radical (unpaired) electrons. The summed E-state index contributed by atoms with van der Waals surface area (Å²) >= 11 is 6.29. The number of piperazine rings is 2. The Hall–Kier alpha value is -4.53. The molecule has 2 aliphatic heterocycles. The summed E-state index contributed by atoms with van der Waals surface area (Å²) in [5, 5.41) is 10.0. The van der Waals surface area contributed by atoms with Gasteiger partial charge in [0.25, 0.3) is 0 Å². The minimum absolute atomic E-state index is 0.0270. The van der Waals surface area contributed by atoms with Crippen molar-refractivity contribution in [3.05, 3.63) is 23.0 Å². The molecule has 1 amide bonds. The number of carboxylic acids is 1. The average Bonchev–Trinajstić information content (AvgIpc) is 3.00. The average molecular weight is 630 g/mol. The van der Waals surface area contributed by atoms with E-state index in [9.17, 15) is 14.7 Å². The lowest BCUT2D eigenvalue weighted by molar-refractivity contribution is 0.0240. The Balaban J connectivity index is 1.41. The highest BCUT2D eigenvalue weighted by Gasteiger charge is 2.30. The number of anilines is 4. The zero-order valence-electron chi connectivity index (χ0n) is 25.3. The maximum absolute atomic E-state index is 12.7. The summed E-state index contributed by atoms with van der Waals surface area (Å²) in [7, 11) is 3.16. The Morgan fingerprint density at radius 3 is 2.00 bits per heavy atom. The van der Waals surface area contributed by atoms with E-state index in [1.54, 1.807) is 19.1 Å². The lowest BCUT2D eigenvalue weighted by atomic mass is 10.1. The molecule has 15 nitrogen and oxygen atoms in total. The van der Waals surface area contributed by atoms with E-state index in [0.29, 0.717) is 81.1 Å². The molecular formula is C28H36ClN9O6. The quantitative estimate of drug-likeness (QED) is 0.407. The summed E-state index contributed by atoms with van der Waals surface area (Å²) in [5.74, 6) is 1.20. The molecule has 0 saturated carbocycles. The summed E-state index contributed by atoms with van der Waals surface area (Å²) in [6, 6.07) is 3.70. The number of amides is 1. The predicted octanol–water partition coefficient (Wildman–Crippen LogP) is 2.75. The first-order valence-electron chi connectivity index (χ1n) is 14.1. The van der Waals surface area contributed by atoms with Crippen LogP contribution in [-0.4, -0.2) is 114 Å². The van der Waals surface area contributed by atoms with E-state index in [2.05, 4.69) is 19.8 Å². The Kier molecular flexibility index (Phi) is 8.59. The van der Waals surface area contributed by atoms with Crippen LogP contribution in [0.25, 0.3) is 10.9 Å². The second-order valence-corrected chi connectivity index (χ2v) is 11.7. The maximum atomic E-state index is 12.7. The normalized spacial score (nSPS) is 15.9. The first-order valence-corrected chi connectivity index (χ1v) is 14.5. The summed E-state index contributed by atoms with van der Waals surface area (Å²) < 4.78 is 16.7. The third-order valence-corrected chi connectivity index (χ3v) is 7.58. The van der Waals surface area contributed by atoms with Gasteiger partial charge in [0.05, 0.1) is 19.7 Å². The molecule has 2 saturated heterocycles. The van der Waals surface area contributed by atoms with E-state index in [1.165, 1.54) is 0 Å². The van der Waals surface area contributed by atoms with Crippen LogP contribution in [0.1, 0.15) is 31.3 Å². The van der Waals surface area contributed by atoms with Crippen molar-refractivity contribution in [2.75, 3.05) is 87.0 Å². The number of nitrogen functional groups attached to an aromatic ring is 1. The molecule has 16 heteroatoms. The van der Waals surface area contributed by atoms with Gasteiger partial charge in [0, 0.05) is 63.8 Å². The van der Waals surface area contributed by atoms with Gasteiger partial charge in [0.15, 0.2) is 34.0 Å². The number of nitrogens with two attached hydrogens (primary N) is 1. The van der Waals surface area contributed by atoms with Crippen LogP contribution in [0.2, 0.25) is 5.15 Å². The standard InChI is InChI=1S/C28H36ClN9O6/c1-28(2,3)44-27(41)38-12-8-35(9-13-38)23-16-14-18(42-4)19(43-5)15-17(16)31-26(34-23)37-10-6-36(7-11-37)24-21(29)32-20(25(39)40)22(30)33-24/h14-15H,6-13H2,1-5H3,(H2,30,33)(H,39,40). The molecule has 2 aliphatic rings. The Labute approximate surface area is 259 Å². The van der Waals surface area contributed by atoms with E-state index in [-0.39, 0.29) is 22.8 Å². The van der Waals surface area contributed by atoms with Crippen LogP contribution in [0.15, 0.2) is 12.1 Å². The number of halogens is 1. The number of fused-ring (bicyclic) bond motifs is 1. The highest BCUT2D eigenvalue weighted by molar-refractivity contribution is 6.32. The van der Waals surface area contributed by atoms with E-state index in [1.807, 2.05) is 37.8 Å². The number of rotatable bonds is 6. The van der Waals surface area contributed by atoms with Gasteiger partial charge in [-0.05, 0) is 26.8 Å². The molecule has 2 aromatic heterocycles. The molecule has 1 aromatic carbocycles. The van der Waals surface area contributed by atoms with Crippen molar-refractivity contribution >= 4 is 58.0 Å². The van der Waals surface area contributed by atoms with Gasteiger partial charge in [0.2, 0.25) is 5.95 Å². The van der Waals surface area contributed by atoms with Crippen LogP contribution in [0.3, 0.4) is 0 Å². The molecule has 5 rings (SSSR count). The number of aromatic carboxylic acids is 1.